The second-order valence-corrected chi connectivity index (χ2v) is 3.23. The Morgan fingerprint density at radius 1 is 1.42 bits per heavy atom. The van der Waals surface area contributed by atoms with Crippen LogP contribution in [0.5, 0.6) is 0 Å². The van der Waals surface area contributed by atoms with E-state index in [9.17, 15) is 4.79 Å². The average Bonchev–Trinajstić information content (AvgIpc) is 2.82. The van der Waals surface area contributed by atoms with E-state index in [1.54, 1.807) is 7.11 Å². The number of hydrogen-bond acceptors (Lipinski definition) is 3. The Morgan fingerprint density at radius 3 is 2.75 bits per heavy atom. The van der Waals surface area contributed by atoms with Gasteiger partial charge in [0.1, 0.15) is 6.61 Å². The molecule has 0 bridgehead atoms. The van der Waals surface area contributed by atoms with E-state index in [1.165, 1.54) is 12.8 Å². The minimum Gasteiger partial charge on any atom is -0.382 e. The van der Waals surface area contributed by atoms with Crippen LogP contribution in [0, 0.1) is 5.92 Å². The predicted octanol–water partition coefficient (Wildman–Crippen LogP) is 1.02. The zero-order valence-electron chi connectivity index (χ0n) is 7.54. The topological polar surface area (TPSA) is 35.5 Å². The molecular weight excluding hydrogens is 156 g/mol. The lowest BCUT2D eigenvalue weighted by molar-refractivity contribution is -0.124. The third-order valence-corrected chi connectivity index (χ3v) is 1.91. The Hall–Kier alpha value is -0.410. The molecule has 0 N–H and O–H groups in total. The zero-order chi connectivity index (χ0) is 8.81. The summed E-state index contributed by atoms with van der Waals surface area (Å²) < 4.78 is 9.87. The number of Topliss-reactive ketones (excluding diaryl/α,β-unsaturated/α-hetero) is 1. The van der Waals surface area contributed by atoms with E-state index < -0.39 is 0 Å². The molecule has 0 saturated heterocycles. The number of carbonyl (C=O) groups is 1. The first-order valence-electron chi connectivity index (χ1n) is 4.41. The van der Waals surface area contributed by atoms with Crippen molar-refractivity contribution in [2.45, 2.75) is 19.3 Å². The molecule has 1 saturated carbocycles. The van der Waals surface area contributed by atoms with Gasteiger partial charge in [0.2, 0.25) is 0 Å². The van der Waals surface area contributed by atoms with E-state index in [-0.39, 0.29) is 12.4 Å². The maximum absolute atomic E-state index is 11.1. The Morgan fingerprint density at radius 2 is 2.17 bits per heavy atom. The highest BCUT2D eigenvalue weighted by Gasteiger charge is 2.23. The van der Waals surface area contributed by atoms with E-state index in [4.69, 9.17) is 9.47 Å². The van der Waals surface area contributed by atoms with Gasteiger partial charge in [-0.05, 0) is 18.8 Å². The molecule has 0 aliphatic heterocycles. The molecule has 0 radical (unpaired) electrons. The number of carbonyl (C=O) groups excluding carboxylic acids is 1. The summed E-state index contributed by atoms with van der Waals surface area (Å²) in [4.78, 5) is 11.1. The standard InChI is InChI=1S/C9H16O3/c1-11-4-5-12-7-9(10)6-8-2-3-8/h8H,2-7H2,1H3. The smallest absolute Gasteiger partial charge is 0.158 e. The lowest BCUT2D eigenvalue weighted by atomic mass is 10.2. The van der Waals surface area contributed by atoms with Crippen LogP contribution >= 0.6 is 0 Å². The van der Waals surface area contributed by atoms with Crippen LogP contribution in [0.15, 0.2) is 0 Å². The molecule has 1 fully saturated rings. The van der Waals surface area contributed by atoms with Gasteiger partial charge in [0.25, 0.3) is 0 Å². The highest BCUT2D eigenvalue weighted by Crippen LogP contribution is 2.32. The Bertz CT molecular complexity index is 141. The van der Waals surface area contributed by atoms with Crippen LogP contribution in [0.1, 0.15) is 19.3 Å². The summed E-state index contributed by atoms with van der Waals surface area (Å²) in [5, 5.41) is 0. The molecule has 70 valence electrons. The van der Waals surface area contributed by atoms with Crippen LogP contribution in [-0.4, -0.2) is 32.7 Å². The minimum atomic E-state index is 0.230. The summed E-state index contributed by atoms with van der Waals surface area (Å²) >= 11 is 0. The van der Waals surface area contributed by atoms with E-state index in [0.29, 0.717) is 25.6 Å². The number of methoxy groups -OCH3 is 1. The third-order valence-electron chi connectivity index (χ3n) is 1.91. The molecule has 3 heteroatoms. The first-order chi connectivity index (χ1) is 5.83. The number of hydrogen-bond donors (Lipinski definition) is 0. The highest BCUT2D eigenvalue weighted by molar-refractivity contribution is 5.80. The molecule has 0 amide bonds. The van der Waals surface area contributed by atoms with Gasteiger partial charge in [0.15, 0.2) is 5.78 Å². The Kier molecular flexibility index (Phi) is 4.25. The van der Waals surface area contributed by atoms with E-state index >= 15 is 0 Å². The zero-order valence-corrected chi connectivity index (χ0v) is 7.54. The van der Waals surface area contributed by atoms with Gasteiger partial charge < -0.3 is 9.47 Å². The first-order valence-corrected chi connectivity index (χ1v) is 4.41. The quantitative estimate of drug-likeness (QED) is 0.538. The van der Waals surface area contributed by atoms with Crippen molar-refractivity contribution < 1.29 is 14.3 Å². The molecule has 0 heterocycles. The van der Waals surface area contributed by atoms with E-state index in [2.05, 4.69) is 0 Å². The number of ether oxygens (including phenoxy) is 2. The summed E-state index contributed by atoms with van der Waals surface area (Å²) in [6, 6.07) is 0. The molecule has 1 aliphatic carbocycles. The van der Waals surface area contributed by atoms with E-state index in [0.717, 1.165) is 0 Å². The van der Waals surface area contributed by atoms with Gasteiger partial charge in [-0.2, -0.15) is 0 Å². The van der Waals surface area contributed by atoms with Gasteiger partial charge in [-0.1, -0.05) is 0 Å². The Labute approximate surface area is 73.0 Å². The first kappa shape index (κ1) is 9.68. The van der Waals surface area contributed by atoms with Crippen molar-refractivity contribution in [3.05, 3.63) is 0 Å². The van der Waals surface area contributed by atoms with Gasteiger partial charge in [0.05, 0.1) is 13.2 Å². The minimum absolute atomic E-state index is 0.230. The maximum atomic E-state index is 11.1. The summed E-state index contributed by atoms with van der Waals surface area (Å²) in [6.45, 7) is 1.35. The fourth-order valence-electron chi connectivity index (χ4n) is 1.03. The summed E-state index contributed by atoms with van der Waals surface area (Å²) in [7, 11) is 1.62. The van der Waals surface area contributed by atoms with Crippen LogP contribution in [0.4, 0.5) is 0 Å². The number of ketones is 1. The largest absolute Gasteiger partial charge is 0.382 e. The van der Waals surface area contributed by atoms with Gasteiger partial charge >= 0.3 is 0 Å². The third kappa shape index (κ3) is 4.46. The maximum Gasteiger partial charge on any atom is 0.158 e. The van der Waals surface area contributed by atoms with Crippen molar-refractivity contribution in [1.82, 2.24) is 0 Å². The highest BCUT2D eigenvalue weighted by atomic mass is 16.5. The van der Waals surface area contributed by atoms with Gasteiger partial charge in [0, 0.05) is 13.5 Å². The predicted molar refractivity (Wildman–Crippen MR) is 45.0 cm³/mol. The molecule has 0 aromatic carbocycles. The van der Waals surface area contributed by atoms with Crippen molar-refractivity contribution >= 4 is 5.78 Å². The molecular formula is C9H16O3. The molecule has 3 nitrogen and oxygen atoms in total. The SMILES string of the molecule is COCCOCC(=O)CC1CC1. The second kappa shape index (κ2) is 5.27. The second-order valence-electron chi connectivity index (χ2n) is 3.23. The van der Waals surface area contributed by atoms with Crippen molar-refractivity contribution in [2.75, 3.05) is 26.9 Å². The van der Waals surface area contributed by atoms with E-state index in [1.807, 2.05) is 0 Å². The monoisotopic (exact) mass is 172 g/mol. The van der Waals surface area contributed by atoms with Crippen LogP contribution in [0.2, 0.25) is 0 Å². The molecule has 0 atom stereocenters. The fraction of sp³-hybridized carbons (Fsp3) is 0.889. The summed E-state index contributed by atoms with van der Waals surface area (Å²) in [5.74, 6) is 0.900. The van der Waals surface area contributed by atoms with Crippen molar-refractivity contribution in [1.29, 1.82) is 0 Å². The van der Waals surface area contributed by atoms with Gasteiger partial charge in [-0.3, -0.25) is 4.79 Å². The molecule has 1 rings (SSSR count). The molecule has 12 heavy (non-hydrogen) atoms. The van der Waals surface area contributed by atoms with Crippen LogP contribution in [-0.2, 0) is 14.3 Å². The molecule has 1 aliphatic rings. The lowest BCUT2D eigenvalue weighted by Gasteiger charge is -2.01. The van der Waals surface area contributed by atoms with Crippen LogP contribution in [0.3, 0.4) is 0 Å². The molecule has 0 spiro atoms. The van der Waals surface area contributed by atoms with Crippen LogP contribution in [0.25, 0.3) is 0 Å². The van der Waals surface area contributed by atoms with Crippen molar-refractivity contribution in [3.63, 3.8) is 0 Å². The molecule has 0 unspecified atom stereocenters. The van der Waals surface area contributed by atoms with Crippen LogP contribution < -0.4 is 0 Å². The van der Waals surface area contributed by atoms with Crippen molar-refractivity contribution in [2.24, 2.45) is 5.92 Å². The normalized spacial score (nSPS) is 16.4. The lowest BCUT2D eigenvalue weighted by Crippen LogP contribution is -2.12. The molecule has 0 aromatic rings. The van der Waals surface area contributed by atoms with Gasteiger partial charge in [-0.15, -0.1) is 0 Å². The van der Waals surface area contributed by atoms with Gasteiger partial charge in [-0.25, -0.2) is 0 Å². The van der Waals surface area contributed by atoms with Crippen molar-refractivity contribution in [3.8, 4) is 0 Å². The fourth-order valence-corrected chi connectivity index (χ4v) is 1.03. The summed E-state index contributed by atoms with van der Waals surface area (Å²) in [6.07, 6.45) is 3.17. The summed E-state index contributed by atoms with van der Waals surface area (Å²) in [5.41, 5.74) is 0. The Balaban J connectivity index is 1.87. The number of rotatable bonds is 7. The molecule has 0 aromatic heterocycles. The average molecular weight is 172 g/mol.